The Balaban J connectivity index is 2.48. The molecule has 1 aromatic carbocycles. The first-order valence-corrected chi connectivity index (χ1v) is 5.74. The molecule has 0 fully saturated rings. The molecule has 0 amide bonds. The monoisotopic (exact) mass is 281 g/mol. The number of benzene rings is 1. The van der Waals surface area contributed by atoms with Crippen LogP contribution in [-0.4, -0.2) is 15.6 Å². The van der Waals surface area contributed by atoms with Crippen molar-refractivity contribution in [2.24, 2.45) is 0 Å². The van der Waals surface area contributed by atoms with Gasteiger partial charge in [-0.15, -0.1) is 0 Å². The molecule has 0 aliphatic heterocycles. The zero-order chi connectivity index (χ0) is 14.0. The van der Waals surface area contributed by atoms with E-state index in [-0.39, 0.29) is 22.7 Å². The Morgan fingerprint density at radius 1 is 1.32 bits per heavy atom. The molecule has 6 heteroatoms. The summed E-state index contributed by atoms with van der Waals surface area (Å²) in [6.45, 7) is -0.120. The highest BCUT2D eigenvalue weighted by molar-refractivity contribution is 6.31. The van der Waals surface area contributed by atoms with E-state index in [1.807, 2.05) is 0 Å². The summed E-state index contributed by atoms with van der Waals surface area (Å²) >= 11 is 5.86. The average molecular weight is 282 g/mol. The molecule has 0 aliphatic carbocycles. The molecule has 0 spiro atoms. The van der Waals surface area contributed by atoms with E-state index in [9.17, 15) is 14.0 Å². The maximum absolute atomic E-state index is 13.6. The lowest BCUT2D eigenvalue weighted by Gasteiger charge is -2.09. The van der Waals surface area contributed by atoms with Crippen LogP contribution < -0.4 is 5.56 Å². The SMILES string of the molecule is O=C(O)c1cccn(Cc2c(F)cccc2Cl)c1=O. The summed E-state index contributed by atoms with van der Waals surface area (Å²) < 4.78 is 14.7. The summed E-state index contributed by atoms with van der Waals surface area (Å²) in [4.78, 5) is 22.7. The quantitative estimate of drug-likeness (QED) is 0.940. The van der Waals surface area contributed by atoms with Gasteiger partial charge in [0.05, 0.1) is 6.54 Å². The van der Waals surface area contributed by atoms with Gasteiger partial charge in [0.2, 0.25) is 0 Å². The second-order valence-electron chi connectivity index (χ2n) is 3.86. The molecule has 0 atom stereocenters. The van der Waals surface area contributed by atoms with E-state index >= 15 is 0 Å². The number of aromatic carboxylic acids is 1. The summed E-state index contributed by atoms with van der Waals surface area (Å²) in [6, 6.07) is 6.81. The minimum absolute atomic E-state index is 0.120. The van der Waals surface area contributed by atoms with E-state index in [0.717, 1.165) is 4.57 Å². The van der Waals surface area contributed by atoms with Crippen LogP contribution in [0.3, 0.4) is 0 Å². The van der Waals surface area contributed by atoms with Crippen LogP contribution in [-0.2, 0) is 6.54 Å². The number of rotatable bonds is 3. The van der Waals surface area contributed by atoms with E-state index in [0.29, 0.717) is 0 Å². The van der Waals surface area contributed by atoms with Crippen LogP contribution in [0.5, 0.6) is 0 Å². The number of hydrogen-bond acceptors (Lipinski definition) is 2. The van der Waals surface area contributed by atoms with Crippen molar-refractivity contribution >= 4 is 17.6 Å². The Kier molecular flexibility index (Phi) is 3.66. The molecular formula is C13H9ClFNO3. The number of pyridine rings is 1. The third kappa shape index (κ3) is 2.66. The maximum atomic E-state index is 13.6. The molecule has 0 unspecified atom stereocenters. The molecule has 98 valence electrons. The predicted molar refractivity (Wildman–Crippen MR) is 68.2 cm³/mol. The van der Waals surface area contributed by atoms with Gasteiger partial charge in [-0.25, -0.2) is 9.18 Å². The fraction of sp³-hybridized carbons (Fsp3) is 0.0769. The predicted octanol–water partition coefficient (Wildman–Crippen LogP) is 2.39. The minimum Gasteiger partial charge on any atom is -0.477 e. The van der Waals surface area contributed by atoms with Gasteiger partial charge in [0, 0.05) is 16.8 Å². The third-order valence-corrected chi connectivity index (χ3v) is 2.99. The van der Waals surface area contributed by atoms with Gasteiger partial charge in [0.25, 0.3) is 5.56 Å². The molecule has 0 radical (unpaired) electrons. The normalized spacial score (nSPS) is 10.4. The largest absolute Gasteiger partial charge is 0.477 e. The standard InChI is InChI=1S/C13H9ClFNO3/c14-10-4-1-5-11(15)9(10)7-16-6-2-3-8(12(16)17)13(18)19/h1-6H,7H2,(H,18,19). The van der Waals surface area contributed by atoms with Crippen LogP contribution in [0.1, 0.15) is 15.9 Å². The average Bonchev–Trinajstić information content (AvgIpc) is 2.35. The van der Waals surface area contributed by atoms with Crippen molar-refractivity contribution in [3.05, 3.63) is 68.8 Å². The summed E-state index contributed by atoms with van der Waals surface area (Å²) in [5.41, 5.74) is -0.918. The Labute approximate surface area is 112 Å². The molecule has 0 saturated heterocycles. The zero-order valence-corrected chi connectivity index (χ0v) is 10.4. The van der Waals surface area contributed by atoms with Crippen molar-refractivity contribution < 1.29 is 14.3 Å². The summed E-state index contributed by atoms with van der Waals surface area (Å²) in [6.07, 6.45) is 1.39. The van der Waals surface area contributed by atoms with Crippen LogP contribution in [0.4, 0.5) is 4.39 Å². The molecule has 1 N–H and O–H groups in total. The van der Waals surface area contributed by atoms with Gasteiger partial charge in [-0.05, 0) is 24.3 Å². The van der Waals surface area contributed by atoms with Crippen molar-refractivity contribution in [1.29, 1.82) is 0 Å². The molecule has 19 heavy (non-hydrogen) atoms. The first kappa shape index (κ1) is 13.3. The molecule has 2 rings (SSSR count). The highest BCUT2D eigenvalue weighted by Gasteiger charge is 2.13. The fourth-order valence-corrected chi connectivity index (χ4v) is 1.90. The van der Waals surface area contributed by atoms with Gasteiger partial charge < -0.3 is 9.67 Å². The van der Waals surface area contributed by atoms with Gasteiger partial charge in [0.1, 0.15) is 11.4 Å². The van der Waals surface area contributed by atoms with Crippen LogP contribution in [0.2, 0.25) is 5.02 Å². The highest BCUT2D eigenvalue weighted by Crippen LogP contribution is 2.19. The number of aromatic nitrogens is 1. The molecule has 0 aliphatic rings. The smallest absolute Gasteiger partial charge is 0.341 e. The number of halogens is 2. The van der Waals surface area contributed by atoms with Gasteiger partial charge in [-0.3, -0.25) is 4.79 Å². The van der Waals surface area contributed by atoms with Gasteiger partial charge in [-0.2, -0.15) is 0 Å². The van der Waals surface area contributed by atoms with Crippen molar-refractivity contribution in [3.63, 3.8) is 0 Å². The van der Waals surface area contributed by atoms with Crippen LogP contribution in [0.25, 0.3) is 0 Å². The van der Waals surface area contributed by atoms with Crippen LogP contribution in [0.15, 0.2) is 41.3 Å². The fourth-order valence-electron chi connectivity index (χ4n) is 1.68. The lowest BCUT2D eigenvalue weighted by atomic mass is 10.2. The van der Waals surface area contributed by atoms with Crippen molar-refractivity contribution in [3.8, 4) is 0 Å². The van der Waals surface area contributed by atoms with E-state index in [4.69, 9.17) is 16.7 Å². The molecule has 4 nitrogen and oxygen atoms in total. The van der Waals surface area contributed by atoms with Gasteiger partial charge >= 0.3 is 5.97 Å². The molecule has 0 bridgehead atoms. The van der Waals surface area contributed by atoms with Crippen LogP contribution >= 0.6 is 11.6 Å². The Morgan fingerprint density at radius 2 is 2.05 bits per heavy atom. The van der Waals surface area contributed by atoms with E-state index in [2.05, 4.69) is 0 Å². The van der Waals surface area contributed by atoms with E-state index < -0.39 is 17.3 Å². The minimum atomic E-state index is -1.32. The number of hydrogen-bond donors (Lipinski definition) is 1. The summed E-state index contributed by atoms with van der Waals surface area (Å²) in [5, 5.41) is 9.04. The number of carbonyl (C=O) groups is 1. The van der Waals surface area contributed by atoms with Crippen molar-refractivity contribution in [1.82, 2.24) is 4.57 Å². The Morgan fingerprint density at radius 3 is 2.68 bits per heavy atom. The zero-order valence-electron chi connectivity index (χ0n) is 9.64. The van der Waals surface area contributed by atoms with Crippen molar-refractivity contribution in [2.75, 3.05) is 0 Å². The first-order chi connectivity index (χ1) is 9.00. The molecule has 0 saturated carbocycles. The lowest BCUT2D eigenvalue weighted by Crippen LogP contribution is -2.26. The summed E-state index contributed by atoms with van der Waals surface area (Å²) in [5.74, 6) is -1.86. The number of nitrogens with zero attached hydrogens (tertiary/aromatic N) is 1. The molecule has 1 aromatic heterocycles. The summed E-state index contributed by atoms with van der Waals surface area (Å²) in [7, 11) is 0. The number of carboxylic acid groups (broad SMARTS) is 1. The van der Waals surface area contributed by atoms with E-state index in [1.54, 1.807) is 0 Å². The second-order valence-corrected chi connectivity index (χ2v) is 4.27. The molecular weight excluding hydrogens is 273 g/mol. The first-order valence-electron chi connectivity index (χ1n) is 5.36. The highest BCUT2D eigenvalue weighted by atomic mass is 35.5. The Bertz CT molecular complexity index is 676. The van der Waals surface area contributed by atoms with E-state index in [1.165, 1.54) is 36.5 Å². The Hall–Kier alpha value is -2.14. The van der Waals surface area contributed by atoms with Crippen LogP contribution in [0, 0.1) is 5.82 Å². The third-order valence-electron chi connectivity index (χ3n) is 2.64. The lowest BCUT2D eigenvalue weighted by molar-refractivity contribution is 0.0694. The maximum Gasteiger partial charge on any atom is 0.341 e. The number of carboxylic acids is 1. The van der Waals surface area contributed by atoms with Gasteiger partial charge in [0.15, 0.2) is 0 Å². The molecule has 1 heterocycles. The second kappa shape index (κ2) is 5.24. The topological polar surface area (TPSA) is 59.3 Å². The van der Waals surface area contributed by atoms with Gasteiger partial charge in [-0.1, -0.05) is 17.7 Å². The van der Waals surface area contributed by atoms with Crippen molar-refractivity contribution in [2.45, 2.75) is 6.54 Å². The molecule has 2 aromatic rings.